The number of carbonyl (C=O) groups is 2. The van der Waals surface area contributed by atoms with Crippen molar-refractivity contribution in [2.24, 2.45) is 11.8 Å². The van der Waals surface area contributed by atoms with Gasteiger partial charge in [0.15, 0.2) is 0 Å². The summed E-state index contributed by atoms with van der Waals surface area (Å²) >= 11 is 0. The molecular formula is C31H40N4O3. The van der Waals surface area contributed by atoms with Crippen molar-refractivity contribution in [3.63, 3.8) is 0 Å². The number of methoxy groups -OCH3 is 1. The molecule has 2 amide bonds. The molecule has 2 aliphatic rings. The first-order valence-corrected chi connectivity index (χ1v) is 13.8. The van der Waals surface area contributed by atoms with Crippen molar-refractivity contribution in [2.75, 3.05) is 33.3 Å². The summed E-state index contributed by atoms with van der Waals surface area (Å²) in [5.74, 6) is 1.92. The van der Waals surface area contributed by atoms with Crippen molar-refractivity contribution >= 4 is 22.7 Å². The number of amides is 2. The van der Waals surface area contributed by atoms with Crippen molar-refractivity contribution < 1.29 is 14.3 Å². The number of piperidine rings is 1. The van der Waals surface area contributed by atoms with Crippen LogP contribution in [0.2, 0.25) is 0 Å². The van der Waals surface area contributed by atoms with Crippen LogP contribution in [0.3, 0.4) is 0 Å². The van der Waals surface area contributed by atoms with E-state index >= 15 is 0 Å². The van der Waals surface area contributed by atoms with E-state index in [0.717, 1.165) is 60.1 Å². The molecule has 0 spiro atoms. The highest BCUT2D eigenvalue weighted by Gasteiger charge is 2.47. The number of benzene rings is 2. The van der Waals surface area contributed by atoms with Crippen molar-refractivity contribution in [2.45, 2.75) is 52.2 Å². The zero-order valence-corrected chi connectivity index (χ0v) is 23.1. The van der Waals surface area contributed by atoms with Crippen LogP contribution in [0.1, 0.15) is 49.7 Å². The summed E-state index contributed by atoms with van der Waals surface area (Å²) in [4.78, 5) is 32.1. The predicted molar refractivity (Wildman–Crippen MR) is 150 cm³/mol. The lowest BCUT2D eigenvalue weighted by atomic mass is 9.92. The SMILES string of the molecule is COc1ccc2cc3n(c2c1)C[C@](C)(C(=O)NCCCN1C[C@H](C)C[C@H](C)C1)N(Cc1ccccc1)C3=O. The summed E-state index contributed by atoms with van der Waals surface area (Å²) in [5, 5.41) is 4.15. The second kappa shape index (κ2) is 10.8. The topological polar surface area (TPSA) is 66.8 Å². The van der Waals surface area contributed by atoms with E-state index in [1.165, 1.54) is 6.42 Å². The Labute approximate surface area is 225 Å². The Bertz CT molecular complexity index is 1290. The molecule has 3 heterocycles. The van der Waals surface area contributed by atoms with Gasteiger partial charge in [0.05, 0.1) is 19.2 Å². The fourth-order valence-electron chi connectivity index (χ4n) is 6.34. The van der Waals surface area contributed by atoms with E-state index in [1.54, 1.807) is 12.0 Å². The quantitative estimate of drug-likeness (QED) is 0.446. The molecule has 7 heteroatoms. The van der Waals surface area contributed by atoms with Crippen LogP contribution in [0.15, 0.2) is 54.6 Å². The van der Waals surface area contributed by atoms with Crippen molar-refractivity contribution in [1.82, 2.24) is 19.7 Å². The third kappa shape index (κ3) is 5.17. The zero-order valence-electron chi connectivity index (χ0n) is 23.1. The first kappa shape index (κ1) is 26.3. The average Bonchev–Trinajstić information content (AvgIpc) is 3.26. The molecule has 2 aliphatic heterocycles. The summed E-state index contributed by atoms with van der Waals surface area (Å²) in [6.07, 6.45) is 2.18. The molecule has 1 N–H and O–H groups in total. The zero-order chi connectivity index (χ0) is 26.9. The smallest absolute Gasteiger partial charge is 0.271 e. The lowest BCUT2D eigenvalue weighted by Gasteiger charge is -2.44. The van der Waals surface area contributed by atoms with Crippen molar-refractivity contribution in [1.29, 1.82) is 0 Å². The van der Waals surface area contributed by atoms with Crippen LogP contribution in [0.5, 0.6) is 5.75 Å². The van der Waals surface area contributed by atoms with E-state index in [9.17, 15) is 9.59 Å². The summed E-state index contributed by atoms with van der Waals surface area (Å²) in [7, 11) is 1.64. The van der Waals surface area contributed by atoms with Crippen LogP contribution in [0.4, 0.5) is 0 Å². The fourth-order valence-corrected chi connectivity index (χ4v) is 6.34. The maximum Gasteiger partial charge on any atom is 0.271 e. The van der Waals surface area contributed by atoms with E-state index < -0.39 is 5.54 Å². The molecule has 7 nitrogen and oxygen atoms in total. The van der Waals surface area contributed by atoms with Gasteiger partial charge in [-0.2, -0.15) is 0 Å². The minimum Gasteiger partial charge on any atom is -0.497 e. The number of hydrogen-bond donors (Lipinski definition) is 1. The van der Waals surface area contributed by atoms with Crippen LogP contribution >= 0.6 is 0 Å². The van der Waals surface area contributed by atoms with E-state index in [1.807, 2.05) is 66.1 Å². The number of fused-ring (bicyclic) bond motifs is 3. The van der Waals surface area contributed by atoms with Gasteiger partial charge in [0.2, 0.25) is 5.91 Å². The molecule has 5 rings (SSSR count). The van der Waals surface area contributed by atoms with Gasteiger partial charge in [0.1, 0.15) is 17.0 Å². The standard InChI is InChI=1S/C31H40N4O3/c1-22-15-23(2)19-33(18-22)14-8-13-32-30(37)31(3)21-34-27-17-26(38-4)12-11-25(27)16-28(34)29(36)35(31)20-24-9-6-5-7-10-24/h5-7,9-12,16-17,22-23H,8,13-15,18-21H2,1-4H3,(H,32,37)/t22-,23+,31-/m1/s1. The van der Waals surface area contributed by atoms with Gasteiger partial charge in [0.25, 0.3) is 5.91 Å². The summed E-state index contributed by atoms with van der Waals surface area (Å²) in [6, 6.07) is 17.6. The van der Waals surface area contributed by atoms with Crippen LogP contribution in [0, 0.1) is 11.8 Å². The monoisotopic (exact) mass is 516 g/mol. The molecule has 0 bridgehead atoms. The maximum absolute atomic E-state index is 14.0. The fraction of sp³-hybridized carbons (Fsp3) is 0.484. The van der Waals surface area contributed by atoms with Crippen molar-refractivity contribution in [3.8, 4) is 5.75 Å². The molecule has 3 atom stereocenters. The Morgan fingerprint density at radius 2 is 1.82 bits per heavy atom. The van der Waals surface area contributed by atoms with Crippen LogP contribution in [0.25, 0.3) is 10.9 Å². The maximum atomic E-state index is 14.0. The molecule has 1 saturated heterocycles. The van der Waals surface area contributed by atoms with E-state index in [4.69, 9.17) is 4.74 Å². The second-order valence-corrected chi connectivity index (χ2v) is 11.5. The van der Waals surface area contributed by atoms with Crippen molar-refractivity contribution in [3.05, 3.63) is 65.9 Å². The number of hydrogen-bond acceptors (Lipinski definition) is 4. The third-order valence-corrected chi connectivity index (χ3v) is 8.19. The molecule has 0 aliphatic carbocycles. The van der Waals surface area contributed by atoms with Gasteiger partial charge in [-0.1, -0.05) is 44.2 Å². The number of nitrogens with zero attached hydrogens (tertiary/aromatic N) is 3. The minimum atomic E-state index is -1.04. The molecular weight excluding hydrogens is 476 g/mol. The molecule has 0 radical (unpaired) electrons. The van der Waals surface area contributed by atoms with Crippen LogP contribution in [-0.4, -0.2) is 65.0 Å². The Balaban J connectivity index is 1.37. The van der Waals surface area contributed by atoms with Crippen LogP contribution < -0.4 is 10.1 Å². The molecule has 1 aromatic heterocycles. The number of carbonyl (C=O) groups excluding carboxylic acids is 2. The number of likely N-dealkylation sites (tertiary alicyclic amines) is 1. The molecule has 1 fully saturated rings. The molecule has 2 aromatic carbocycles. The molecule has 38 heavy (non-hydrogen) atoms. The Hall–Kier alpha value is -3.32. The highest BCUT2D eigenvalue weighted by molar-refractivity contribution is 6.03. The molecule has 0 unspecified atom stereocenters. The number of nitrogens with one attached hydrogen (secondary N) is 1. The summed E-state index contributed by atoms with van der Waals surface area (Å²) in [6.45, 7) is 11.1. The lowest BCUT2D eigenvalue weighted by molar-refractivity contribution is -0.133. The Morgan fingerprint density at radius 1 is 1.08 bits per heavy atom. The van der Waals surface area contributed by atoms with Gasteiger partial charge in [-0.3, -0.25) is 9.59 Å². The van der Waals surface area contributed by atoms with E-state index in [-0.39, 0.29) is 11.8 Å². The lowest BCUT2D eigenvalue weighted by Crippen LogP contribution is -2.63. The van der Waals surface area contributed by atoms with E-state index in [0.29, 0.717) is 25.3 Å². The first-order valence-electron chi connectivity index (χ1n) is 13.8. The predicted octanol–water partition coefficient (Wildman–Crippen LogP) is 4.55. The normalized spacial score (nSPS) is 23.9. The van der Waals surface area contributed by atoms with Crippen LogP contribution in [-0.2, 0) is 17.9 Å². The van der Waals surface area contributed by atoms with Gasteiger partial charge in [0, 0.05) is 37.6 Å². The Kier molecular flexibility index (Phi) is 7.48. The summed E-state index contributed by atoms with van der Waals surface area (Å²) in [5.41, 5.74) is 1.46. The number of aromatic nitrogens is 1. The molecule has 202 valence electrons. The second-order valence-electron chi connectivity index (χ2n) is 11.5. The van der Waals surface area contributed by atoms with Gasteiger partial charge < -0.3 is 24.4 Å². The largest absolute Gasteiger partial charge is 0.497 e. The summed E-state index contributed by atoms with van der Waals surface area (Å²) < 4.78 is 7.43. The minimum absolute atomic E-state index is 0.113. The average molecular weight is 517 g/mol. The molecule has 0 saturated carbocycles. The first-order chi connectivity index (χ1) is 18.3. The highest BCUT2D eigenvalue weighted by Crippen LogP contribution is 2.34. The number of ether oxygens (including phenoxy) is 1. The molecule has 3 aromatic rings. The van der Waals surface area contributed by atoms with Gasteiger partial charge in [-0.25, -0.2) is 0 Å². The van der Waals surface area contributed by atoms with Gasteiger partial charge in [-0.15, -0.1) is 0 Å². The third-order valence-electron chi connectivity index (χ3n) is 8.19. The van der Waals surface area contributed by atoms with Gasteiger partial charge >= 0.3 is 0 Å². The van der Waals surface area contributed by atoms with E-state index in [2.05, 4.69) is 24.1 Å². The number of rotatable bonds is 8. The van der Waals surface area contributed by atoms with Gasteiger partial charge in [-0.05, 0) is 61.9 Å². The Morgan fingerprint density at radius 3 is 2.53 bits per heavy atom. The highest BCUT2D eigenvalue weighted by atomic mass is 16.5.